The molecule has 0 bridgehead atoms. The van der Waals surface area contributed by atoms with Crippen molar-refractivity contribution >= 4 is 17.8 Å². The van der Waals surface area contributed by atoms with Gasteiger partial charge in [0.2, 0.25) is 0 Å². The fourth-order valence-corrected chi connectivity index (χ4v) is 5.64. The minimum Gasteiger partial charge on any atom is -0.314 e. The smallest absolute Gasteiger partial charge is 0.143 e. The van der Waals surface area contributed by atoms with Gasteiger partial charge in [-0.2, -0.15) is 0 Å². The second kappa shape index (κ2) is 5.35. The zero-order valence-corrected chi connectivity index (χ0v) is 12.7. The second-order valence-corrected chi connectivity index (χ2v) is 8.96. The Morgan fingerprint density at radius 2 is 1.16 bits per heavy atom. The van der Waals surface area contributed by atoms with Crippen molar-refractivity contribution in [2.45, 2.75) is 20.8 Å². The van der Waals surface area contributed by atoms with Crippen molar-refractivity contribution < 1.29 is 4.57 Å². The molecule has 0 radical (unpaired) electrons. The Kier molecular flexibility index (Phi) is 3.96. The maximum Gasteiger partial charge on any atom is 0.143 e. The molecule has 0 saturated heterocycles. The van der Waals surface area contributed by atoms with Gasteiger partial charge in [0, 0.05) is 16.8 Å². The van der Waals surface area contributed by atoms with Crippen LogP contribution in [0.2, 0.25) is 0 Å². The van der Waals surface area contributed by atoms with Crippen LogP contribution in [0.15, 0.2) is 60.7 Å². The van der Waals surface area contributed by atoms with E-state index in [0.29, 0.717) is 6.16 Å². The number of rotatable bonds is 3. The molecule has 2 aromatic carbocycles. The largest absolute Gasteiger partial charge is 0.314 e. The Bertz CT molecular complexity index is 524. The topological polar surface area (TPSA) is 17.1 Å². The van der Waals surface area contributed by atoms with Crippen molar-refractivity contribution in [3.8, 4) is 0 Å². The molecule has 0 atom stereocenters. The van der Waals surface area contributed by atoms with E-state index < -0.39 is 7.14 Å². The normalized spacial score (nSPS) is 12.4. The van der Waals surface area contributed by atoms with Crippen LogP contribution in [0.1, 0.15) is 20.8 Å². The monoisotopic (exact) mass is 272 g/mol. The van der Waals surface area contributed by atoms with Crippen LogP contribution >= 0.6 is 7.14 Å². The Morgan fingerprint density at radius 1 is 0.789 bits per heavy atom. The first-order valence-electron chi connectivity index (χ1n) is 6.62. The Morgan fingerprint density at radius 3 is 1.47 bits per heavy atom. The summed E-state index contributed by atoms with van der Waals surface area (Å²) in [5, 5.41) is 1.91. The molecule has 0 saturated carbocycles. The lowest BCUT2D eigenvalue weighted by Gasteiger charge is -2.27. The van der Waals surface area contributed by atoms with E-state index in [1.54, 1.807) is 0 Å². The van der Waals surface area contributed by atoms with Gasteiger partial charge in [-0.15, -0.1) is 0 Å². The van der Waals surface area contributed by atoms with Gasteiger partial charge in [-0.3, -0.25) is 0 Å². The molecule has 2 aromatic rings. The Hall–Kier alpha value is -1.33. The molecule has 100 valence electrons. The Balaban J connectivity index is 2.55. The summed E-state index contributed by atoms with van der Waals surface area (Å²) in [6.07, 6.45) is 0.689. The summed E-state index contributed by atoms with van der Waals surface area (Å²) in [5.41, 5.74) is 0.0290. The van der Waals surface area contributed by atoms with Crippen molar-refractivity contribution in [3.63, 3.8) is 0 Å². The van der Waals surface area contributed by atoms with Gasteiger partial charge in [-0.05, 0) is 5.41 Å². The first kappa shape index (κ1) is 14.1. The van der Waals surface area contributed by atoms with Gasteiger partial charge in [0.25, 0.3) is 0 Å². The minimum atomic E-state index is -2.55. The standard InChI is InChI=1S/C17H21OP/c1-17(2,3)14-19(18,15-10-6-4-7-11-15)16-12-8-5-9-13-16/h4-13H,14H2,1-3H3. The third-order valence-electron chi connectivity index (χ3n) is 3.04. The maximum absolute atomic E-state index is 13.6. The molecule has 0 heterocycles. The van der Waals surface area contributed by atoms with Gasteiger partial charge >= 0.3 is 0 Å². The summed E-state index contributed by atoms with van der Waals surface area (Å²) < 4.78 is 13.6. The minimum absolute atomic E-state index is 0.0290. The van der Waals surface area contributed by atoms with Crippen LogP contribution in [-0.4, -0.2) is 6.16 Å². The molecule has 1 nitrogen and oxygen atoms in total. The van der Waals surface area contributed by atoms with Crippen LogP contribution in [0.25, 0.3) is 0 Å². The van der Waals surface area contributed by atoms with Crippen LogP contribution in [-0.2, 0) is 4.57 Å². The van der Waals surface area contributed by atoms with E-state index in [2.05, 4.69) is 20.8 Å². The van der Waals surface area contributed by atoms with Gasteiger partial charge in [0.15, 0.2) is 0 Å². The zero-order valence-electron chi connectivity index (χ0n) is 11.8. The fraction of sp³-hybridized carbons (Fsp3) is 0.294. The lowest BCUT2D eigenvalue weighted by atomic mass is 10.0. The number of hydrogen-bond acceptors (Lipinski definition) is 1. The molecule has 0 spiro atoms. The highest BCUT2D eigenvalue weighted by molar-refractivity contribution is 7.78. The van der Waals surface area contributed by atoms with E-state index in [1.807, 2.05) is 60.7 Å². The molecular formula is C17H21OP. The predicted molar refractivity (Wildman–Crippen MR) is 84.1 cm³/mol. The maximum atomic E-state index is 13.6. The number of hydrogen-bond donors (Lipinski definition) is 0. The van der Waals surface area contributed by atoms with E-state index in [1.165, 1.54) is 0 Å². The van der Waals surface area contributed by atoms with Crippen LogP contribution in [0.5, 0.6) is 0 Å². The van der Waals surface area contributed by atoms with Gasteiger partial charge in [0.1, 0.15) is 7.14 Å². The average molecular weight is 272 g/mol. The quantitative estimate of drug-likeness (QED) is 0.770. The molecule has 0 aliphatic heterocycles. The van der Waals surface area contributed by atoms with Gasteiger partial charge in [-0.1, -0.05) is 81.4 Å². The molecule has 0 unspecified atom stereocenters. The van der Waals surface area contributed by atoms with E-state index in [9.17, 15) is 4.57 Å². The van der Waals surface area contributed by atoms with E-state index in [4.69, 9.17) is 0 Å². The van der Waals surface area contributed by atoms with Gasteiger partial charge in [0.05, 0.1) is 0 Å². The summed E-state index contributed by atoms with van der Waals surface area (Å²) in [5.74, 6) is 0. The van der Waals surface area contributed by atoms with E-state index in [-0.39, 0.29) is 5.41 Å². The van der Waals surface area contributed by atoms with Crippen LogP contribution in [0.4, 0.5) is 0 Å². The van der Waals surface area contributed by atoms with E-state index in [0.717, 1.165) is 10.6 Å². The van der Waals surface area contributed by atoms with Crippen molar-refractivity contribution in [1.29, 1.82) is 0 Å². The Labute approximate surface area is 116 Å². The van der Waals surface area contributed by atoms with Gasteiger partial charge < -0.3 is 4.57 Å². The van der Waals surface area contributed by atoms with Crippen LogP contribution in [0.3, 0.4) is 0 Å². The average Bonchev–Trinajstić information content (AvgIpc) is 2.39. The first-order chi connectivity index (χ1) is 8.92. The number of benzene rings is 2. The summed E-state index contributed by atoms with van der Waals surface area (Å²) in [4.78, 5) is 0. The SMILES string of the molecule is CC(C)(C)CP(=O)(c1ccccc1)c1ccccc1. The molecule has 19 heavy (non-hydrogen) atoms. The molecule has 0 amide bonds. The zero-order chi connectivity index (χ0) is 13.9. The highest BCUT2D eigenvalue weighted by Crippen LogP contribution is 2.47. The first-order valence-corrected chi connectivity index (χ1v) is 8.51. The highest BCUT2D eigenvalue weighted by atomic mass is 31.2. The summed E-state index contributed by atoms with van der Waals surface area (Å²) >= 11 is 0. The third kappa shape index (κ3) is 3.36. The molecule has 0 fully saturated rings. The van der Waals surface area contributed by atoms with Crippen molar-refractivity contribution in [1.82, 2.24) is 0 Å². The second-order valence-electron chi connectivity index (χ2n) is 6.13. The van der Waals surface area contributed by atoms with Crippen molar-refractivity contribution in [2.75, 3.05) is 6.16 Å². The van der Waals surface area contributed by atoms with Crippen LogP contribution < -0.4 is 10.6 Å². The molecule has 0 aromatic heterocycles. The van der Waals surface area contributed by atoms with Crippen molar-refractivity contribution in [2.24, 2.45) is 5.41 Å². The fourth-order valence-electron chi connectivity index (χ4n) is 2.34. The van der Waals surface area contributed by atoms with E-state index >= 15 is 0 Å². The highest BCUT2D eigenvalue weighted by Gasteiger charge is 2.31. The molecule has 2 heteroatoms. The third-order valence-corrected chi connectivity index (χ3v) is 6.70. The van der Waals surface area contributed by atoms with Gasteiger partial charge in [-0.25, -0.2) is 0 Å². The molecule has 0 aliphatic carbocycles. The summed E-state index contributed by atoms with van der Waals surface area (Å²) in [6.45, 7) is 6.43. The lowest BCUT2D eigenvalue weighted by molar-refractivity contribution is 0.466. The molecule has 0 aliphatic rings. The summed E-state index contributed by atoms with van der Waals surface area (Å²) in [6, 6.07) is 19.7. The lowest BCUT2D eigenvalue weighted by Crippen LogP contribution is -2.24. The van der Waals surface area contributed by atoms with Crippen LogP contribution in [0, 0.1) is 5.41 Å². The molecule has 0 N–H and O–H groups in total. The van der Waals surface area contributed by atoms with Crippen molar-refractivity contribution in [3.05, 3.63) is 60.7 Å². The molecular weight excluding hydrogens is 251 g/mol. The summed E-state index contributed by atoms with van der Waals surface area (Å²) in [7, 11) is -2.55. The molecule has 2 rings (SSSR count). The predicted octanol–water partition coefficient (Wildman–Crippen LogP) is 4.05.